The first kappa shape index (κ1) is 30.6. The van der Waals surface area contributed by atoms with Crippen LogP contribution in [0.3, 0.4) is 0 Å². The van der Waals surface area contributed by atoms with Gasteiger partial charge in [0.25, 0.3) is 5.91 Å². The van der Waals surface area contributed by atoms with E-state index in [1.54, 1.807) is 11.0 Å². The molecule has 1 fully saturated rings. The number of hydrogen-bond acceptors (Lipinski definition) is 4. The molecule has 1 saturated heterocycles. The van der Waals surface area contributed by atoms with Gasteiger partial charge in [-0.1, -0.05) is 77.8 Å². The highest BCUT2D eigenvalue weighted by atomic mass is 35.5. The fraction of sp³-hybridized carbons (Fsp3) is 0.344. The summed E-state index contributed by atoms with van der Waals surface area (Å²) in [5, 5.41) is 0.982. The lowest BCUT2D eigenvalue weighted by Gasteiger charge is -2.41. The van der Waals surface area contributed by atoms with E-state index in [1.165, 1.54) is 6.92 Å². The van der Waals surface area contributed by atoms with Crippen molar-refractivity contribution in [3.8, 4) is 0 Å². The molecule has 9 heteroatoms. The third-order valence-corrected chi connectivity index (χ3v) is 8.63. The van der Waals surface area contributed by atoms with Gasteiger partial charge < -0.3 is 9.80 Å². The van der Waals surface area contributed by atoms with Crippen LogP contribution in [0.25, 0.3) is 0 Å². The van der Waals surface area contributed by atoms with Crippen molar-refractivity contribution >= 4 is 40.9 Å². The number of nitrogens with one attached hydrogen (secondary N) is 2. The Bertz CT molecular complexity index is 1350. The van der Waals surface area contributed by atoms with E-state index in [0.717, 1.165) is 37.2 Å². The van der Waals surface area contributed by atoms with Crippen molar-refractivity contribution in [2.45, 2.75) is 37.5 Å². The van der Waals surface area contributed by atoms with Gasteiger partial charge >= 0.3 is 0 Å². The minimum atomic E-state index is -0.731. The largest absolute Gasteiger partial charge is 0.341 e. The highest BCUT2D eigenvalue weighted by Crippen LogP contribution is 2.36. The van der Waals surface area contributed by atoms with E-state index in [9.17, 15) is 14.4 Å². The molecular formula is C32H36Cl2N4O3. The number of carbonyl (C=O) groups excluding carboxylic acids is 3. The van der Waals surface area contributed by atoms with Crippen LogP contribution < -0.4 is 10.9 Å². The number of carbonyl (C=O) groups is 3. The molecule has 216 valence electrons. The van der Waals surface area contributed by atoms with E-state index in [2.05, 4.69) is 15.8 Å². The average Bonchev–Trinajstić information content (AvgIpc) is 3.00. The molecule has 1 unspecified atom stereocenters. The van der Waals surface area contributed by atoms with Gasteiger partial charge in [-0.2, -0.15) is 0 Å². The highest BCUT2D eigenvalue weighted by Gasteiger charge is 2.43. The maximum absolute atomic E-state index is 13.3. The Balaban J connectivity index is 1.46. The fourth-order valence-electron chi connectivity index (χ4n) is 5.51. The smallest absolute Gasteiger partial charge is 0.253 e. The van der Waals surface area contributed by atoms with Gasteiger partial charge in [-0.3, -0.25) is 25.2 Å². The first-order chi connectivity index (χ1) is 19.7. The molecule has 0 aliphatic carbocycles. The zero-order chi connectivity index (χ0) is 29.4. The van der Waals surface area contributed by atoms with Crippen LogP contribution in [0.2, 0.25) is 10.0 Å². The predicted octanol–water partition coefficient (Wildman–Crippen LogP) is 5.44. The molecule has 1 heterocycles. The summed E-state index contributed by atoms with van der Waals surface area (Å²) >= 11 is 12.6. The van der Waals surface area contributed by atoms with Gasteiger partial charge in [-0.25, -0.2) is 0 Å². The molecule has 1 aliphatic rings. The quantitative estimate of drug-likeness (QED) is 0.323. The van der Waals surface area contributed by atoms with E-state index >= 15 is 0 Å². The Morgan fingerprint density at radius 3 is 2.15 bits per heavy atom. The van der Waals surface area contributed by atoms with Crippen molar-refractivity contribution in [1.82, 2.24) is 20.7 Å². The molecule has 4 rings (SSSR count). The summed E-state index contributed by atoms with van der Waals surface area (Å²) in [4.78, 5) is 42.0. The van der Waals surface area contributed by atoms with Crippen LogP contribution in [0, 0.1) is 0 Å². The van der Waals surface area contributed by atoms with Gasteiger partial charge in [0, 0.05) is 32.0 Å². The van der Waals surface area contributed by atoms with Crippen LogP contribution in [-0.4, -0.2) is 60.7 Å². The van der Waals surface area contributed by atoms with Crippen molar-refractivity contribution in [2.24, 2.45) is 0 Å². The molecule has 2 N–H and O–H groups in total. The summed E-state index contributed by atoms with van der Waals surface area (Å²) < 4.78 is 0. The highest BCUT2D eigenvalue weighted by molar-refractivity contribution is 6.42. The number of halogens is 2. The maximum atomic E-state index is 13.3. The number of likely N-dealkylation sites (tertiary alicyclic amines) is 1. The Hall–Kier alpha value is -3.39. The monoisotopic (exact) mass is 594 g/mol. The molecule has 0 saturated carbocycles. The number of hydrazine groups is 1. The molecule has 41 heavy (non-hydrogen) atoms. The molecule has 7 nitrogen and oxygen atoms in total. The molecule has 3 aromatic carbocycles. The van der Waals surface area contributed by atoms with Gasteiger partial charge in [0.1, 0.15) is 0 Å². The number of benzene rings is 3. The van der Waals surface area contributed by atoms with Gasteiger partial charge in [-0.15, -0.1) is 0 Å². The normalized spacial score (nSPS) is 15.5. The number of nitrogens with zero attached hydrogens (tertiary/aromatic N) is 2. The summed E-state index contributed by atoms with van der Waals surface area (Å²) in [5.74, 6) is -0.519. The second-order valence-corrected chi connectivity index (χ2v) is 11.5. The van der Waals surface area contributed by atoms with E-state index < -0.39 is 5.41 Å². The fourth-order valence-corrected chi connectivity index (χ4v) is 5.82. The zero-order valence-electron chi connectivity index (χ0n) is 23.4. The summed E-state index contributed by atoms with van der Waals surface area (Å²) in [6.07, 6.45) is 2.03. The van der Waals surface area contributed by atoms with Crippen LogP contribution in [0.1, 0.15) is 53.6 Å². The van der Waals surface area contributed by atoms with Crippen molar-refractivity contribution in [3.63, 3.8) is 0 Å². The van der Waals surface area contributed by atoms with Crippen LogP contribution in [0.4, 0.5) is 0 Å². The first-order valence-corrected chi connectivity index (χ1v) is 14.6. The SMILES string of the molecule is CC(=O)NNC(=O)C1(c2ccccc2)CCN(CCC(CN(C)C(=O)c2ccccc2)c2ccc(Cl)c(Cl)c2)CC1. The van der Waals surface area contributed by atoms with E-state index in [0.29, 0.717) is 35.0 Å². The summed E-state index contributed by atoms with van der Waals surface area (Å²) in [6, 6.07) is 24.7. The van der Waals surface area contributed by atoms with Crippen molar-refractivity contribution in [3.05, 3.63) is 106 Å². The number of likely N-dealkylation sites (N-methyl/N-ethyl adjacent to an activating group) is 1. The van der Waals surface area contributed by atoms with Crippen molar-refractivity contribution in [1.29, 1.82) is 0 Å². The van der Waals surface area contributed by atoms with Crippen molar-refractivity contribution in [2.75, 3.05) is 33.2 Å². The van der Waals surface area contributed by atoms with Crippen LogP contribution in [0.15, 0.2) is 78.9 Å². The lowest BCUT2D eigenvalue weighted by molar-refractivity contribution is -0.133. The lowest BCUT2D eigenvalue weighted by atomic mass is 9.72. The predicted molar refractivity (Wildman–Crippen MR) is 163 cm³/mol. The third-order valence-electron chi connectivity index (χ3n) is 7.89. The Kier molecular flexibility index (Phi) is 10.4. The second-order valence-electron chi connectivity index (χ2n) is 10.6. The van der Waals surface area contributed by atoms with Gasteiger partial charge in [-0.05, 0) is 74.3 Å². The summed E-state index contributed by atoms with van der Waals surface area (Å²) in [6.45, 7) is 4.11. The van der Waals surface area contributed by atoms with Crippen LogP contribution >= 0.6 is 23.2 Å². The molecule has 0 spiro atoms. The van der Waals surface area contributed by atoms with Crippen molar-refractivity contribution < 1.29 is 14.4 Å². The Morgan fingerprint density at radius 2 is 1.54 bits per heavy atom. The van der Waals surface area contributed by atoms with Gasteiger partial charge in [0.15, 0.2) is 0 Å². The first-order valence-electron chi connectivity index (χ1n) is 13.8. The van der Waals surface area contributed by atoms with Gasteiger partial charge in [0.2, 0.25) is 11.8 Å². The van der Waals surface area contributed by atoms with Crippen LogP contribution in [-0.2, 0) is 15.0 Å². The topological polar surface area (TPSA) is 81.8 Å². The molecular weight excluding hydrogens is 559 g/mol. The standard InChI is InChI=1S/C32H36Cl2N4O3/c1-23(39)35-36-31(41)32(27-11-7-4-8-12-27)16-19-38(20-17-32)18-15-26(25-13-14-28(33)29(34)21-25)22-37(2)30(40)24-9-5-3-6-10-24/h3-14,21,26H,15-20,22H2,1-2H3,(H,35,39)(H,36,41). The Morgan fingerprint density at radius 1 is 0.902 bits per heavy atom. The number of amides is 3. The Labute approximate surface area is 251 Å². The molecule has 1 aliphatic heterocycles. The molecule has 0 bridgehead atoms. The average molecular weight is 596 g/mol. The minimum Gasteiger partial charge on any atom is -0.341 e. The van der Waals surface area contributed by atoms with E-state index in [4.69, 9.17) is 23.2 Å². The number of hydrogen-bond donors (Lipinski definition) is 2. The zero-order valence-corrected chi connectivity index (χ0v) is 24.9. The van der Waals surface area contributed by atoms with Crippen LogP contribution in [0.5, 0.6) is 0 Å². The van der Waals surface area contributed by atoms with Gasteiger partial charge in [0.05, 0.1) is 15.5 Å². The third kappa shape index (κ3) is 7.67. The van der Waals surface area contributed by atoms with E-state index in [-0.39, 0.29) is 23.6 Å². The summed E-state index contributed by atoms with van der Waals surface area (Å²) in [5.41, 5.74) is 6.95. The van der Waals surface area contributed by atoms with E-state index in [1.807, 2.05) is 79.8 Å². The second kappa shape index (κ2) is 14.0. The lowest BCUT2D eigenvalue weighted by Crippen LogP contribution is -2.55. The minimum absolute atomic E-state index is 0.0336. The molecule has 0 radical (unpaired) electrons. The summed E-state index contributed by atoms with van der Waals surface area (Å²) in [7, 11) is 1.82. The number of rotatable bonds is 9. The molecule has 0 aromatic heterocycles. The molecule has 3 aromatic rings. The molecule has 3 amide bonds. The maximum Gasteiger partial charge on any atom is 0.253 e. The molecule has 1 atom stereocenters. The number of piperidine rings is 1.